The molecule has 1 heterocycles. The Hall–Kier alpha value is -1.10. The molecule has 2 rings (SSSR count). The number of hydrogen-bond donors (Lipinski definition) is 1. The Kier molecular flexibility index (Phi) is 4.22. The number of hydrogen-bond acceptors (Lipinski definition) is 4. The molecule has 2 unspecified atom stereocenters. The van der Waals surface area contributed by atoms with E-state index >= 15 is 0 Å². The van der Waals surface area contributed by atoms with Crippen LogP contribution in [0.4, 0.5) is 5.69 Å². The van der Waals surface area contributed by atoms with Gasteiger partial charge in [0.25, 0.3) is 0 Å². The number of nitrogens with zero attached hydrogens (tertiary/aromatic N) is 2. The smallest absolute Gasteiger partial charge is 0.0894 e. The Morgan fingerprint density at radius 3 is 2.56 bits per heavy atom. The molecule has 1 fully saturated rings. The van der Waals surface area contributed by atoms with Crippen molar-refractivity contribution in [3.8, 4) is 0 Å². The van der Waals surface area contributed by atoms with Crippen LogP contribution in [-0.2, 0) is 4.74 Å². The van der Waals surface area contributed by atoms with E-state index in [0.717, 1.165) is 13.2 Å². The van der Waals surface area contributed by atoms with Crippen LogP contribution in [0.2, 0.25) is 0 Å². The van der Waals surface area contributed by atoms with Gasteiger partial charge in [-0.25, -0.2) is 0 Å². The van der Waals surface area contributed by atoms with Gasteiger partial charge in [-0.3, -0.25) is 4.90 Å². The fourth-order valence-electron chi connectivity index (χ4n) is 2.50. The lowest BCUT2D eigenvalue weighted by Crippen LogP contribution is -2.46. The molecule has 0 radical (unpaired) electrons. The Morgan fingerprint density at radius 2 is 2.00 bits per heavy atom. The van der Waals surface area contributed by atoms with Gasteiger partial charge in [0, 0.05) is 32.9 Å². The molecule has 0 aromatic heterocycles. The molecule has 1 aromatic rings. The van der Waals surface area contributed by atoms with Crippen LogP contribution in [0.25, 0.3) is 0 Å². The molecule has 100 valence electrons. The molecular weight excluding hydrogens is 226 g/mol. The first-order chi connectivity index (χ1) is 8.63. The van der Waals surface area contributed by atoms with E-state index in [1.165, 1.54) is 11.3 Å². The van der Waals surface area contributed by atoms with Crippen LogP contribution in [0.3, 0.4) is 0 Å². The zero-order valence-corrected chi connectivity index (χ0v) is 11.5. The van der Waals surface area contributed by atoms with Crippen molar-refractivity contribution >= 4 is 5.69 Å². The zero-order valence-electron chi connectivity index (χ0n) is 11.5. The fraction of sp³-hybridized carbons (Fsp3) is 0.571. The third kappa shape index (κ3) is 2.66. The second-order valence-electron chi connectivity index (χ2n) is 5.06. The van der Waals surface area contributed by atoms with E-state index in [1.807, 2.05) is 14.1 Å². The Balaban J connectivity index is 2.22. The molecule has 1 aliphatic rings. The summed E-state index contributed by atoms with van der Waals surface area (Å²) >= 11 is 0. The lowest BCUT2D eigenvalue weighted by atomic mass is 9.98. The van der Waals surface area contributed by atoms with Gasteiger partial charge < -0.3 is 15.4 Å². The van der Waals surface area contributed by atoms with E-state index in [0.29, 0.717) is 6.54 Å². The van der Waals surface area contributed by atoms with Crippen LogP contribution in [0.5, 0.6) is 0 Å². The van der Waals surface area contributed by atoms with Crippen molar-refractivity contribution < 1.29 is 4.74 Å². The lowest BCUT2D eigenvalue weighted by molar-refractivity contribution is -0.0576. The van der Waals surface area contributed by atoms with Crippen molar-refractivity contribution in [3.63, 3.8) is 0 Å². The van der Waals surface area contributed by atoms with Crippen molar-refractivity contribution in [1.82, 2.24) is 4.90 Å². The first kappa shape index (κ1) is 13.3. The van der Waals surface area contributed by atoms with E-state index in [1.54, 1.807) is 0 Å². The van der Waals surface area contributed by atoms with Gasteiger partial charge in [0.2, 0.25) is 0 Å². The first-order valence-corrected chi connectivity index (χ1v) is 6.42. The van der Waals surface area contributed by atoms with Crippen LogP contribution in [-0.4, -0.2) is 51.8 Å². The minimum atomic E-state index is 0.0916. The van der Waals surface area contributed by atoms with E-state index in [2.05, 4.69) is 41.1 Å². The fourth-order valence-corrected chi connectivity index (χ4v) is 2.50. The molecule has 0 amide bonds. The predicted octanol–water partition coefficient (Wildman–Crippen LogP) is 1.08. The Labute approximate surface area is 109 Å². The summed E-state index contributed by atoms with van der Waals surface area (Å²) < 4.78 is 5.77. The number of ether oxygens (including phenoxy) is 1. The van der Waals surface area contributed by atoms with Gasteiger partial charge in [0.05, 0.1) is 18.8 Å². The predicted molar refractivity (Wildman–Crippen MR) is 74.9 cm³/mol. The summed E-state index contributed by atoms with van der Waals surface area (Å²) in [5, 5.41) is 0. The number of anilines is 1. The lowest BCUT2D eigenvalue weighted by Gasteiger charge is -2.39. The molecule has 18 heavy (non-hydrogen) atoms. The molecule has 2 N–H and O–H groups in total. The highest BCUT2D eigenvalue weighted by molar-refractivity contribution is 5.46. The molecule has 1 aromatic carbocycles. The van der Waals surface area contributed by atoms with E-state index < -0.39 is 0 Å². The van der Waals surface area contributed by atoms with Gasteiger partial charge in [-0.2, -0.15) is 0 Å². The monoisotopic (exact) mass is 249 g/mol. The largest absolute Gasteiger partial charge is 0.378 e. The summed E-state index contributed by atoms with van der Waals surface area (Å²) in [6.45, 7) is 2.28. The molecule has 0 bridgehead atoms. The van der Waals surface area contributed by atoms with E-state index in [9.17, 15) is 0 Å². The number of rotatable bonds is 3. The summed E-state index contributed by atoms with van der Waals surface area (Å²) in [7, 11) is 6.23. The topological polar surface area (TPSA) is 41.7 Å². The van der Waals surface area contributed by atoms with Crippen LogP contribution >= 0.6 is 0 Å². The molecule has 4 heteroatoms. The maximum Gasteiger partial charge on any atom is 0.0894 e. The Morgan fingerprint density at radius 1 is 1.33 bits per heavy atom. The van der Waals surface area contributed by atoms with Gasteiger partial charge in [0.1, 0.15) is 0 Å². The van der Waals surface area contributed by atoms with Crippen LogP contribution < -0.4 is 10.6 Å². The molecule has 1 aliphatic heterocycles. The van der Waals surface area contributed by atoms with Gasteiger partial charge >= 0.3 is 0 Å². The summed E-state index contributed by atoms with van der Waals surface area (Å²) in [6.07, 6.45) is 0.0916. The maximum atomic E-state index is 5.81. The molecule has 0 spiro atoms. The normalized spacial score (nSPS) is 25.1. The van der Waals surface area contributed by atoms with Gasteiger partial charge in [-0.05, 0) is 24.7 Å². The molecule has 4 nitrogen and oxygen atoms in total. The summed E-state index contributed by atoms with van der Waals surface area (Å²) in [5.41, 5.74) is 8.30. The minimum absolute atomic E-state index is 0.0916. The molecule has 2 atom stereocenters. The second kappa shape index (κ2) is 5.69. The van der Waals surface area contributed by atoms with E-state index in [-0.39, 0.29) is 12.1 Å². The van der Waals surface area contributed by atoms with Crippen LogP contribution in [0.15, 0.2) is 24.3 Å². The molecule has 0 saturated carbocycles. The average molecular weight is 249 g/mol. The standard InChI is InChI=1S/C14H23N3O/c1-16(2)12-6-4-11(5-7-12)14-13(10-15)18-9-8-17(14)3/h4-7,13-14H,8-10,15H2,1-3H3. The third-order valence-electron chi connectivity index (χ3n) is 3.59. The zero-order chi connectivity index (χ0) is 13.1. The van der Waals surface area contributed by atoms with Crippen LogP contribution in [0.1, 0.15) is 11.6 Å². The molecular formula is C14H23N3O. The van der Waals surface area contributed by atoms with Gasteiger partial charge in [-0.1, -0.05) is 12.1 Å². The highest BCUT2D eigenvalue weighted by atomic mass is 16.5. The highest BCUT2D eigenvalue weighted by Gasteiger charge is 2.30. The average Bonchev–Trinajstić information content (AvgIpc) is 2.38. The third-order valence-corrected chi connectivity index (χ3v) is 3.59. The summed E-state index contributed by atoms with van der Waals surface area (Å²) in [5.74, 6) is 0. The van der Waals surface area contributed by atoms with Crippen molar-refractivity contribution in [3.05, 3.63) is 29.8 Å². The van der Waals surface area contributed by atoms with Gasteiger partial charge in [-0.15, -0.1) is 0 Å². The van der Waals surface area contributed by atoms with Crippen molar-refractivity contribution in [2.75, 3.05) is 45.7 Å². The highest BCUT2D eigenvalue weighted by Crippen LogP contribution is 2.28. The minimum Gasteiger partial charge on any atom is -0.378 e. The van der Waals surface area contributed by atoms with Crippen molar-refractivity contribution in [2.24, 2.45) is 5.73 Å². The van der Waals surface area contributed by atoms with Crippen molar-refractivity contribution in [2.45, 2.75) is 12.1 Å². The van der Waals surface area contributed by atoms with Gasteiger partial charge in [0.15, 0.2) is 0 Å². The SMILES string of the molecule is CN(C)c1ccc(C2C(CN)OCCN2C)cc1. The summed E-state index contributed by atoms with van der Waals surface area (Å²) in [4.78, 5) is 4.43. The number of nitrogens with two attached hydrogens (primary N) is 1. The number of benzene rings is 1. The Bertz CT molecular complexity index is 377. The van der Waals surface area contributed by atoms with Crippen molar-refractivity contribution in [1.29, 1.82) is 0 Å². The second-order valence-corrected chi connectivity index (χ2v) is 5.06. The first-order valence-electron chi connectivity index (χ1n) is 6.42. The quantitative estimate of drug-likeness (QED) is 0.870. The van der Waals surface area contributed by atoms with E-state index in [4.69, 9.17) is 10.5 Å². The molecule has 1 saturated heterocycles. The maximum absolute atomic E-state index is 5.81. The molecule has 0 aliphatic carbocycles. The number of morpholine rings is 1. The number of likely N-dealkylation sites (N-methyl/N-ethyl adjacent to an activating group) is 1. The summed E-state index contributed by atoms with van der Waals surface area (Å²) in [6, 6.07) is 8.90. The van der Waals surface area contributed by atoms with Crippen LogP contribution in [0, 0.1) is 0 Å².